The van der Waals surface area contributed by atoms with Gasteiger partial charge >= 0.3 is 29.8 Å². The molecule has 0 saturated carbocycles. The lowest BCUT2D eigenvalue weighted by atomic mass is 9.87. The molecular weight excluding hydrogens is 550 g/mol. The van der Waals surface area contributed by atoms with Crippen molar-refractivity contribution in [1.82, 2.24) is 0 Å². The molecule has 0 saturated heterocycles. The first-order chi connectivity index (χ1) is 19.5. The molecule has 12 nitrogen and oxygen atoms in total. The highest BCUT2D eigenvalue weighted by Crippen LogP contribution is 2.41. The van der Waals surface area contributed by atoms with Crippen molar-refractivity contribution >= 4 is 41.1 Å². The van der Waals surface area contributed by atoms with Crippen LogP contribution in [0.3, 0.4) is 0 Å². The average molecular weight is 592 g/mol. The molecule has 0 amide bonds. The lowest BCUT2D eigenvalue weighted by molar-refractivity contribution is -0.202. The van der Waals surface area contributed by atoms with Crippen LogP contribution in [0.15, 0.2) is 24.3 Å². The second kappa shape index (κ2) is 14.7. The SMILES string of the molecule is CCOc1ccc2c(c1)C(C)=CC(C)(C)N2C[C@H](OC(C)=O)[C@@H](OC(C)=O)[C@H](OC(C)=O)[C@@H](COC(C)=O)OC(C)=O. The van der Waals surface area contributed by atoms with E-state index < -0.39 is 66.4 Å². The van der Waals surface area contributed by atoms with Crippen molar-refractivity contribution in [1.29, 1.82) is 0 Å². The topological polar surface area (TPSA) is 144 Å². The van der Waals surface area contributed by atoms with Crippen molar-refractivity contribution in [2.24, 2.45) is 0 Å². The van der Waals surface area contributed by atoms with Crippen LogP contribution < -0.4 is 9.64 Å². The van der Waals surface area contributed by atoms with Gasteiger partial charge in [-0.05, 0) is 51.5 Å². The van der Waals surface area contributed by atoms with E-state index in [1.54, 1.807) is 0 Å². The van der Waals surface area contributed by atoms with Gasteiger partial charge in [-0.3, -0.25) is 24.0 Å². The Hall–Kier alpha value is -4.09. The quantitative estimate of drug-likeness (QED) is 0.245. The minimum atomic E-state index is -1.51. The molecule has 0 bridgehead atoms. The maximum absolute atomic E-state index is 12.4. The summed E-state index contributed by atoms with van der Waals surface area (Å²) in [4.78, 5) is 62.6. The van der Waals surface area contributed by atoms with Crippen molar-refractivity contribution in [3.8, 4) is 5.75 Å². The van der Waals surface area contributed by atoms with E-state index in [4.69, 9.17) is 28.4 Å². The van der Waals surface area contributed by atoms with Crippen LogP contribution in [-0.4, -0.2) is 79.6 Å². The molecule has 0 fully saturated rings. The highest BCUT2D eigenvalue weighted by molar-refractivity contribution is 5.82. The van der Waals surface area contributed by atoms with E-state index in [0.717, 1.165) is 44.5 Å². The van der Waals surface area contributed by atoms with Gasteiger partial charge < -0.3 is 33.3 Å². The van der Waals surface area contributed by atoms with Crippen molar-refractivity contribution in [2.75, 3.05) is 24.7 Å². The summed E-state index contributed by atoms with van der Waals surface area (Å²) in [6.07, 6.45) is -3.57. The molecule has 2 rings (SSSR count). The predicted octanol–water partition coefficient (Wildman–Crippen LogP) is 3.38. The Morgan fingerprint density at radius 2 is 1.31 bits per heavy atom. The molecule has 1 aromatic rings. The molecule has 1 aliphatic heterocycles. The third-order valence-electron chi connectivity index (χ3n) is 6.37. The number of esters is 5. The number of carbonyl (C=O) groups is 5. The number of ether oxygens (including phenoxy) is 6. The van der Waals surface area contributed by atoms with Gasteiger partial charge in [0.1, 0.15) is 12.4 Å². The molecule has 1 heterocycles. The molecular formula is C30H41NO11. The monoisotopic (exact) mass is 591 g/mol. The largest absolute Gasteiger partial charge is 0.494 e. The van der Waals surface area contributed by atoms with Gasteiger partial charge in [0, 0.05) is 45.9 Å². The molecule has 232 valence electrons. The van der Waals surface area contributed by atoms with Gasteiger partial charge in [-0.25, -0.2) is 0 Å². The van der Waals surface area contributed by atoms with Crippen LogP contribution in [0.25, 0.3) is 5.57 Å². The van der Waals surface area contributed by atoms with E-state index in [1.165, 1.54) is 6.92 Å². The Bertz CT molecular complexity index is 1210. The Morgan fingerprint density at radius 3 is 1.81 bits per heavy atom. The highest BCUT2D eigenvalue weighted by atomic mass is 16.6. The van der Waals surface area contributed by atoms with E-state index >= 15 is 0 Å². The van der Waals surface area contributed by atoms with E-state index in [0.29, 0.717) is 12.4 Å². The first-order valence-electron chi connectivity index (χ1n) is 13.6. The van der Waals surface area contributed by atoms with E-state index in [-0.39, 0.29) is 6.54 Å². The molecule has 12 heteroatoms. The zero-order valence-electron chi connectivity index (χ0n) is 25.7. The summed E-state index contributed by atoms with van der Waals surface area (Å²) in [6, 6.07) is 5.62. The number of rotatable bonds is 13. The maximum Gasteiger partial charge on any atom is 0.303 e. The fourth-order valence-corrected chi connectivity index (χ4v) is 4.95. The molecule has 1 aromatic carbocycles. The van der Waals surface area contributed by atoms with Gasteiger partial charge in [0.05, 0.1) is 18.7 Å². The molecule has 0 spiro atoms. The fourth-order valence-electron chi connectivity index (χ4n) is 4.95. The average Bonchev–Trinajstić information content (AvgIpc) is 2.85. The second-order valence-electron chi connectivity index (χ2n) is 10.5. The smallest absolute Gasteiger partial charge is 0.303 e. The first kappa shape index (κ1) is 34.1. The third kappa shape index (κ3) is 9.49. The number of benzene rings is 1. The van der Waals surface area contributed by atoms with E-state index in [1.807, 2.05) is 56.9 Å². The predicted molar refractivity (Wildman–Crippen MR) is 152 cm³/mol. The Morgan fingerprint density at radius 1 is 0.786 bits per heavy atom. The highest BCUT2D eigenvalue weighted by Gasteiger charge is 2.46. The Kier molecular flexibility index (Phi) is 11.9. The number of fused-ring (bicyclic) bond motifs is 1. The van der Waals surface area contributed by atoms with Gasteiger partial charge in [-0.15, -0.1) is 0 Å². The van der Waals surface area contributed by atoms with Gasteiger partial charge in [-0.1, -0.05) is 6.08 Å². The number of hydrogen-bond donors (Lipinski definition) is 0. The van der Waals surface area contributed by atoms with Crippen LogP contribution in [0.2, 0.25) is 0 Å². The lowest BCUT2D eigenvalue weighted by Gasteiger charge is -2.46. The normalized spacial score (nSPS) is 16.4. The molecule has 4 atom stereocenters. The van der Waals surface area contributed by atoms with Crippen LogP contribution in [0.5, 0.6) is 5.75 Å². The number of anilines is 1. The van der Waals surface area contributed by atoms with Gasteiger partial charge in [0.25, 0.3) is 0 Å². The molecule has 0 aliphatic carbocycles. The van der Waals surface area contributed by atoms with Crippen LogP contribution in [0.4, 0.5) is 5.69 Å². The van der Waals surface area contributed by atoms with Crippen molar-refractivity contribution in [3.05, 3.63) is 29.8 Å². The second-order valence-corrected chi connectivity index (χ2v) is 10.5. The molecule has 0 N–H and O–H groups in total. The summed E-state index contributed by atoms with van der Waals surface area (Å²) in [6.45, 7) is 13.5. The van der Waals surface area contributed by atoms with Crippen molar-refractivity contribution in [2.45, 2.75) is 92.3 Å². The summed E-state index contributed by atoms with van der Waals surface area (Å²) in [5.74, 6) is -3.05. The number of hydrogen-bond acceptors (Lipinski definition) is 12. The minimum absolute atomic E-state index is 0.0343. The minimum Gasteiger partial charge on any atom is -0.494 e. The Labute approximate surface area is 246 Å². The summed E-state index contributed by atoms with van der Waals surface area (Å²) >= 11 is 0. The molecule has 0 radical (unpaired) electrons. The summed E-state index contributed by atoms with van der Waals surface area (Å²) in [7, 11) is 0. The lowest BCUT2D eigenvalue weighted by Crippen LogP contribution is -2.58. The summed E-state index contributed by atoms with van der Waals surface area (Å²) < 4.78 is 33.0. The molecule has 42 heavy (non-hydrogen) atoms. The number of nitrogens with zero attached hydrogens (tertiary/aromatic N) is 1. The summed E-state index contributed by atoms with van der Waals surface area (Å²) in [5, 5.41) is 0. The third-order valence-corrected chi connectivity index (χ3v) is 6.37. The van der Waals surface area contributed by atoms with Crippen LogP contribution in [0, 0.1) is 0 Å². The first-order valence-corrected chi connectivity index (χ1v) is 13.6. The standard InChI is InChI=1S/C30H41NO11/c1-10-37-23-11-12-25-24(13-23)17(2)14-30(8,9)31(25)15-26(39-19(4)33)28(41-21(6)35)29(42-22(7)36)27(40-20(5)34)16-38-18(3)32/h11-14,26-29H,10,15-16H2,1-9H3/t26-,27+,28+,29+/m0/s1. The molecule has 1 aliphatic rings. The van der Waals surface area contributed by atoms with E-state index in [2.05, 4.69) is 0 Å². The zero-order chi connectivity index (χ0) is 31.8. The Balaban J connectivity index is 2.68. The van der Waals surface area contributed by atoms with Crippen molar-refractivity contribution in [3.63, 3.8) is 0 Å². The zero-order valence-corrected chi connectivity index (χ0v) is 25.7. The fraction of sp³-hybridized carbons (Fsp3) is 0.567. The molecule has 0 unspecified atom stereocenters. The van der Waals surface area contributed by atoms with Gasteiger partial charge in [0.15, 0.2) is 24.4 Å². The summed E-state index contributed by atoms with van der Waals surface area (Å²) in [5.41, 5.74) is 2.06. The van der Waals surface area contributed by atoms with Crippen LogP contribution in [0.1, 0.15) is 67.9 Å². The number of carbonyl (C=O) groups excluding carboxylic acids is 5. The number of allylic oxidation sites excluding steroid dienone is 1. The molecule has 0 aromatic heterocycles. The van der Waals surface area contributed by atoms with Gasteiger partial charge in [0.2, 0.25) is 0 Å². The van der Waals surface area contributed by atoms with E-state index in [9.17, 15) is 24.0 Å². The van der Waals surface area contributed by atoms with Gasteiger partial charge in [-0.2, -0.15) is 0 Å². The maximum atomic E-state index is 12.4. The van der Waals surface area contributed by atoms with Crippen LogP contribution in [-0.2, 0) is 47.7 Å². The van der Waals surface area contributed by atoms with Crippen molar-refractivity contribution < 1.29 is 52.4 Å². The van der Waals surface area contributed by atoms with Crippen LogP contribution >= 0.6 is 0 Å².